The normalized spacial score (nSPS) is 15.0. The number of hydrogen-bond donors (Lipinski definition) is 2. The topological polar surface area (TPSA) is 133 Å². The molecule has 0 unspecified atom stereocenters. The van der Waals surface area contributed by atoms with Gasteiger partial charge in [-0.25, -0.2) is 14.6 Å². The van der Waals surface area contributed by atoms with Gasteiger partial charge in [0, 0.05) is 13.0 Å². The van der Waals surface area contributed by atoms with Crippen LogP contribution in [0.3, 0.4) is 0 Å². The van der Waals surface area contributed by atoms with Crippen molar-refractivity contribution >= 4 is 28.8 Å². The maximum atomic E-state index is 12.9. The maximum Gasteiger partial charge on any atom is 0.338 e. The fourth-order valence-electron chi connectivity index (χ4n) is 3.59. The predicted octanol–water partition coefficient (Wildman–Crippen LogP) is 1.89. The Kier molecular flexibility index (Phi) is 6.49. The van der Waals surface area contributed by atoms with E-state index in [-0.39, 0.29) is 17.0 Å². The van der Waals surface area contributed by atoms with Gasteiger partial charge in [0.15, 0.2) is 6.10 Å². The molecule has 1 aromatic heterocycles. The highest BCUT2D eigenvalue weighted by atomic mass is 16.5. The summed E-state index contributed by atoms with van der Waals surface area (Å²) in [6.45, 7) is 4.00. The summed E-state index contributed by atoms with van der Waals surface area (Å²) in [7, 11) is 0. The van der Waals surface area contributed by atoms with Crippen molar-refractivity contribution in [1.82, 2.24) is 14.9 Å². The third-order valence-corrected chi connectivity index (χ3v) is 5.15. The first-order valence-electron chi connectivity index (χ1n) is 10.1. The van der Waals surface area contributed by atoms with E-state index in [9.17, 15) is 19.2 Å². The molecule has 9 nitrogen and oxygen atoms in total. The van der Waals surface area contributed by atoms with Gasteiger partial charge in [-0.1, -0.05) is 26.7 Å². The standard InChI is InChI=1S/C21H26N4O5/c1-12(2)17(18(26)24-21(22)29)30-20(28)13-8-9-14-15(11-13)23-16-7-5-3-4-6-10-25(16)19(14)27/h8-9,11-12,17H,3-7,10H2,1-2H3,(H3,22,24,26,29)/t17-/m0/s1. The number of primary amides is 1. The van der Waals surface area contributed by atoms with Crippen LogP contribution in [0.4, 0.5) is 4.79 Å². The van der Waals surface area contributed by atoms with Crippen LogP contribution in [0.25, 0.3) is 10.9 Å². The van der Waals surface area contributed by atoms with Gasteiger partial charge < -0.3 is 10.5 Å². The fraction of sp³-hybridized carbons (Fsp3) is 0.476. The summed E-state index contributed by atoms with van der Waals surface area (Å²) >= 11 is 0. The molecule has 1 aliphatic heterocycles. The van der Waals surface area contributed by atoms with E-state index >= 15 is 0 Å². The molecule has 0 bridgehead atoms. The Balaban J connectivity index is 1.91. The van der Waals surface area contributed by atoms with Gasteiger partial charge in [-0.3, -0.25) is 19.5 Å². The molecule has 3 N–H and O–H groups in total. The van der Waals surface area contributed by atoms with Crippen LogP contribution >= 0.6 is 0 Å². The van der Waals surface area contributed by atoms with Gasteiger partial charge in [-0.2, -0.15) is 0 Å². The third-order valence-electron chi connectivity index (χ3n) is 5.15. The van der Waals surface area contributed by atoms with Gasteiger partial charge in [0.05, 0.1) is 16.5 Å². The van der Waals surface area contributed by atoms with Gasteiger partial charge in [0.1, 0.15) is 5.82 Å². The minimum absolute atomic E-state index is 0.113. The van der Waals surface area contributed by atoms with Crippen LogP contribution in [0.2, 0.25) is 0 Å². The van der Waals surface area contributed by atoms with E-state index in [1.807, 2.05) is 5.32 Å². The third kappa shape index (κ3) is 4.67. The number of ether oxygens (including phenoxy) is 1. The van der Waals surface area contributed by atoms with E-state index in [1.165, 1.54) is 12.1 Å². The number of nitrogens with one attached hydrogen (secondary N) is 1. The van der Waals surface area contributed by atoms with Gasteiger partial charge in [-0.15, -0.1) is 0 Å². The average Bonchev–Trinajstić information content (AvgIpc) is 2.66. The number of amides is 3. The lowest BCUT2D eigenvalue weighted by Gasteiger charge is -2.20. The zero-order valence-corrected chi connectivity index (χ0v) is 17.1. The first-order valence-corrected chi connectivity index (χ1v) is 10.1. The van der Waals surface area contributed by atoms with Crippen LogP contribution in [0, 0.1) is 5.92 Å². The van der Waals surface area contributed by atoms with E-state index < -0.39 is 24.0 Å². The smallest absolute Gasteiger partial charge is 0.338 e. The molecule has 0 fully saturated rings. The predicted molar refractivity (Wildman–Crippen MR) is 110 cm³/mol. The largest absolute Gasteiger partial charge is 0.448 e. The molecule has 2 aromatic rings. The minimum Gasteiger partial charge on any atom is -0.448 e. The van der Waals surface area contributed by atoms with Gasteiger partial charge in [0.25, 0.3) is 11.5 Å². The summed E-state index contributed by atoms with van der Waals surface area (Å²) < 4.78 is 7.04. The number of urea groups is 1. The van der Waals surface area contributed by atoms with Crippen molar-refractivity contribution in [2.24, 2.45) is 11.7 Å². The van der Waals surface area contributed by atoms with Crippen LogP contribution < -0.4 is 16.6 Å². The van der Waals surface area contributed by atoms with Crippen LogP contribution in [-0.2, 0) is 22.5 Å². The highest BCUT2D eigenvalue weighted by molar-refractivity contribution is 5.99. The number of fused-ring (bicyclic) bond motifs is 2. The van der Waals surface area contributed by atoms with E-state index in [0.29, 0.717) is 23.9 Å². The lowest BCUT2D eigenvalue weighted by molar-refractivity contribution is -0.130. The Hall–Kier alpha value is -3.23. The van der Waals surface area contributed by atoms with Crippen LogP contribution in [0.15, 0.2) is 23.0 Å². The number of hydrogen-bond acceptors (Lipinski definition) is 6. The van der Waals surface area contributed by atoms with Crippen molar-refractivity contribution in [1.29, 1.82) is 0 Å². The molecule has 0 saturated heterocycles. The number of nitrogens with zero attached hydrogens (tertiary/aromatic N) is 2. The van der Waals surface area contributed by atoms with Crippen molar-refractivity contribution in [2.45, 2.75) is 58.6 Å². The van der Waals surface area contributed by atoms with E-state index in [2.05, 4.69) is 4.98 Å². The number of aromatic nitrogens is 2. The van der Waals surface area contributed by atoms with Gasteiger partial charge in [-0.05, 0) is 37.0 Å². The molecule has 1 aromatic carbocycles. The highest BCUT2D eigenvalue weighted by Gasteiger charge is 2.28. The SMILES string of the molecule is CC(C)[C@H](OC(=O)c1ccc2c(=O)n3c(nc2c1)CCCCCC3)C(=O)NC(N)=O. The molecule has 0 radical (unpaired) electrons. The molecule has 0 spiro atoms. The van der Waals surface area contributed by atoms with Crippen molar-refractivity contribution in [3.63, 3.8) is 0 Å². The number of benzene rings is 1. The van der Waals surface area contributed by atoms with Crippen molar-refractivity contribution < 1.29 is 19.1 Å². The lowest BCUT2D eigenvalue weighted by atomic mass is 10.1. The molecule has 0 aliphatic carbocycles. The summed E-state index contributed by atoms with van der Waals surface area (Å²) in [5, 5.41) is 2.36. The second-order valence-electron chi connectivity index (χ2n) is 7.80. The molecule has 0 saturated carbocycles. The van der Waals surface area contributed by atoms with E-state index in [0.717, 1.165) is 31.5 Å². The number of rotatable bonds is 4. The van der Waals surface area contributed by atoms with Crippen molar-refractivity contribution in [3.8, 4) is 0 Å². The number of carbonyl (C=O) groups is 3. The summed E-state index contributed by atoms with van der Waals surface area (Å²) in [5.41, 5.74) is 5.45. The zero-order chi connectivity index (χ0) is 21.8. The first kappa shape index (κ1) is 21.5. The first-order chi connectivity index (χ1) is 14.3. The molecule has 2 heterocycles. The second kappa shape index (κ2) is 9.06. The Bertz CT molecular complexity index is 1040. The number of nitrogens with two attached hydrogens (primary N) is 1. The Morgan fingerprint density at radius 1 is 1.17 bits per heavy atom. The number of esters is 1. The van der Waals surface area contributed by atoms with Gasteiger partial charge >= 0.3 is 12.0 Å². The minimum atomic E-state index is -1.19. The molecule has 160 valence electrons. The molecule has 3 amide bonds. The summed E-state index contributed by atoms with van der Waals surface area (Å²) in [6, 6.07) is 3.52. The van der Waals surface area contributed by atoms with Crippen LogP contribution in [0.1, 0.15) is 55.7 Å². The molecule has 1 aliphatic rings. The number of carbonyl (C=O) groups excluding carboxylic acids is 3. The van der Waals surface area contributed by atoms with E-state index in [4.69, 9.17) is 10.5 Å². The average molecular weight is 414 g/mol. The second-order valence-corrected chi connectivity index (χ2v) is 7.80. The molecule has 1 atom stereocenters. The van der Waals surface area contributed by atoms with E-state index in [1.54, 1.807) is 24.5 Å². The lowest BCUT2D eigenvalue weighted by Crippen LogP contribution is -2.45. The Morgan fingerprint density at radius 2 is 1.90 bits per heavy atom. The molecular formula is C21H26N4O5. The quantitative estimate of drug-likeness (QED) is 0.734. The van der Waals surface area contributed by atoms with Crippen molar-refractivity contribution in [3.05, 3.63) is 39.9 Å². The number of imide groups is 1. The molecular weight excluding hydrogens is 388 g/mol. The molecule has 3 rings (SSSR count). The fourth-order valence-corrected chi connectivity index (χ4v) is 3.59. The van der Waals surface area contributed by atoms with Gasteiger partial charge in [0.2, 0.25) is 0 Å². The molecule has 9 heteroatoms. The summed E-state index contributed by atoms with van der Waals surface area (Å²) in [4.78, 5) is 53.2. The Labute approximate surface area is 173 Å². The van der Waals surface area contributed by atoms with Crippen LogP contribution in [0.5, 0.6) is 0 Å². The monoisotopic (exact) mass is 414 g/mol. The Morgan fingerprint density at radius 3 is 2.60 bits per heavy atom. The van der Waals surface area contributed by atoms with Crippen LogP contribution in [-0.4, -0.2) is 33.6 Å². The maximum absolute atomic E-state index is 12.9. The summed E-state index contributed by atoms with van der Waals surface area (Å²) in [5.74, 6) is -1.19. The number of aryl methyl sites for hydroxylation is 1. The molecule has 30 heavy (non-hydrogen) atoms. The summed E-state index contributed by atoms with van der Waals surface area (Å²) in [6.07, 6.45) is 3.62. The highest BCUT2D eigenvalue weighted by Crippen LogP contribution is 2.18. The zero-order valence-electron chi connectivity index (χ0n) is 17.1. The van der Waals surface area contributed by atoms with Crippen molar-refractivity contribution in [2.75, 3.05) is 0 Å².